The van der Waals surface area contributed by atoms with Crippen LogP contribution >= 0.6 is 23.4 Å². The second-order valence-electron chi connectivity index (χ2n) is 5.83. The second kappa shape index (κ2) is 7.01. The molecule has 1 aromatic heterocycles. The second-order valence-corrected chi connectivity index (χ2v) is 7.38. The van der Waals surface area contributed by atoms with Crippen molar-refractivity contribution in [1.29, 1.82) is 0 Å². The third kappa shape index (κ3) is 3.93. The quantitative estimate of drug-likeness (QED) is 0.851. The van der Waals surface area contributed by atoms with Crippen LogP contribution in [0.5, 0.6) is 0 Å². The van der Waals surface area contributed by atoms with Crippen LogP contribution in [0.3, 0.4) is 0 Å². The topological polar surface area (TPSA) is 80.4 Å². The fourth-order valence-electron chi connectivity index (χ4n) is 2.60. The number of carbonyl (C=O) groups excluding carboxylic acids is 1. The summed E-state index contributed by atoms with van der Waals surface area (Å²) in [5, 5.41) is 3.56. The lowest BCUT2D eigenvalue weighted by Gasteiger charge is -2.30. The maximum Gasteiger partial charge on any atom is 0.256 e. The number of nitrogens with one attached hydrogen (secondary N) is 1. The zero-order chi connectivity index (χ0) is 18.0. The number of anilines is 1. The van der Waals surface area contributed by atoms with Gasteiger partial charge >= 0.3 is 0 Å². The van der Waals surface area contributed by atoms with E-state index >= 15 is 0 Å². The molecule has 0 spiro atoms. The van der Waals surface area contributed by atoms with Gasteiger partial charge in [-0.1, -0.05) is 23.4 Å². The van der Waals surface area contributed by atoms with Crippen LogP contribution < -0.4 is 11.1 Å². The van der Waals surface area contributed by atoms with Crippen molar-refractivity contribution in [2.45, 2.75) is 18.9 Å². The molecule has 1 aliphatic rings. The summed E-state index contributed by atoms with van der Waals surface area (Å²) >= 11 is 7.22. The van der Waals surface area contributed by atoms with Gasteiger partial charge in [0, 0.05) is 23.1 Å². The number of aromatic nitrogens is 1. The Morgan fingerprint density at radius 2 is 2.20 bits per heavy atom. The Hall–Kier alpha value is -2.12. The average Bonchev–Trinajstić information content (AvgIpc) is 2.57. The summed E-state index contributed by atoms with van der Waals surface area (Å²) in [7, 11) is 0. The zero-order valence-corrected chi connectivity index (χ0v) is 15.0. The molecule has 2 aromatic rings. The summed E-state index contributed by atoms with van der Waals surface area (Å²) in [6.07, 6.45) is 2.07. The van der Waals surface area contributed by atoms with Crippen LogP contribution in [0.4, 0.5) is 10.2 Å². The number of benzene rings is 1. The third-order valence-electron chi connectivity index (χ3n) is 3.97. The van der Waals surface area contributed by atoms with Gasteiger partial charge in [0.2, 0.25) is 0 Å². The molecule has 130 valence electrons. The highest BCUT2D eigenvalue weighted by Crippen LogP contribution is 2.36. The van der Waals surface area contributed by atoms with E-state index in [-0.39, 0.29) is 5.91 Å². The number of amides is 1. The van der Waals surface area contributed by atoms with E-state index in [1.165, 1.54) is 36.2 Å². The molecule has 5 nitrogen and oxygen atoms in total. The van der Waals surface area contributed by atoms with E-state index in [4.69, 9.17) is 17.3 Å². The monoisotopic (exact) mass is 378 g/mol. The number of amidine groups is 1. The average molecular weight is 379 g/mol. The first-order chi connectivity index (χ1) is 11.9. The zero-order valence-electron chi connectivity index (χ0n) is 13.4. The number of thioether (sulfide) groups is 1. The number of carbonyl (C=O) groups is 1. The molecule has 0 saturated heterocycles. The molecule has 0 bridgehead atoms. The predicted octanol–water partition coefficient (Wildman–Crippen LogP) is 3.79. The van der Waals surface area contributed by atoms with Gasteiger partial charge in [0.15, 0.2) is 5.17 Å². The molecule has 3 N–H and O–H groups in total. The smallest absolute Gasteiger partial charge is 0.256 e. The molecule has 1 aromatic carbocycles. The predicted molar refractivity (Wildman–Crippen MR) is 99.6 cm³/mol. The van der Waals surface area contributed by atoms with E-state index in [1.54, 1.807) is 12.1 Å². The Morgan fingerprint density at radius 1 is 1.40 bits per heavy atom. The van der Waals surface area contributed by atoms with E-state index in [1.807, 2.05) is 6.92 Å². The van der Waals surface area contributed by atoms with Gasteiger partial charge in [-0.3, -0.25) is 9.79 Å². The van der Waals surface area contributed by atoms with Crippen molar-refractivity contribution in [2.24, 2.45) is 10.7 Å². The van der Waals surface area contributed by atoms with Crippen LogP contribution in [0.1, 0.15) is 29.3 Å². The maximum atomic E-state index is 14.4. The number of hydrogen-bond acceptors (Lipinski definition) is 5. The Morgan fingerprint density at radius 3 is 2.88 bits per heavy atom. The fraction of sp³-hybridized carbons (Fsp3) is 0.235. The summed E-state index contributed by atoms with van der Waals surface area (Å²) in [6.45, 7) is 1.82. The molecule has 1 aliphatic heterocycles. The van der Waals surface area contributed by atoms with E-state index < -0.39 is 11.4 Å². The van der Waals surface area contributed by atoms with Crippen LogP contribution in [0.15, 0.2) is 41.5 Å². The molecule has 1 atom stereocenters. The van der Waals surface area contributed by atoms with Crippen molar-refractivity contribution < 1.29 is 9.18 Å². The summed E-state index contributed by atoms with van der Waals surface area (Å²) < 4.78 is 14.4. The molecule has 0 unspecified atom stereocenters. The number of nitrogens with two attached hydrogens (primary N) is 1. The molecule has 0 radical (unpaired) electrons. The van der Waals surface area contributed by atoms with Gasteiger partial charge in [-0.05, 0) is 43.7 Å². The van der Waals surface area contributed by atoms with Crippen molar-refractivity contribution in [3.05, 3.63) is 58.5 Å². The summed E-state index contributed by atoms with van der Waals surface area (Å²) in [5.74, 6) is 0.313. The Balaban J connectivity index is 1.89. The van der Waals surface area contributed by atoms with E-state index in [0.717, 1.165) is 5.75 Å². The summed E-state index contributed by atoms with van der Waals surface area (Å²) in [4.78, 5) is 20.9. The van der Waals surface area contributed by atoms with Crippen molar-refractivity contribution in [1.82, 2.24) is 4.98 Å². The molecule has 8 heteroatoms. The number of hydrogen-bond donors (Lipinski definition) is 2. The van der Waals surface area contributed by atoms with E-state index in [0.29, 0.717) is 33.6 Å². The lowest BCUT2D eigenvalue weighted by atomic mass is 9.88. The fourth-order valence-corrected chi connectivity index (χ4v) is 3.68. The normalized spacial score (nSPS) is 20.0. The van der Waals surface area contributed by atoms with Crippen LogP contribution in [-0.4, -0.2) is 21.8 Å². The van der Waals surface area contributed by atoms with Crippen LogP contribution in [0.25, 0.3) is 0 Å². The molecule has 25 heavy (non-hydrogen) atoms. The molecule has 0 saturated carbocycles. The minimum absolute atomic E-state index is 0.321. The molecular weight excluding hydrogens is 363 g/mol. The number of rotatable bonds is 3. The summed E-state index contributed by atoms with van der Waals surface area (Å²) in [6, 6.07) is 7.44. The summed E-state index contributed by atoms with van der Waals surface area (Å²) in [5.41, 5.74) is 5.69. The SMILES string of the molecule is C[C@@]1(c2cc(C(=O)Nc3ccc(Cl)cn3)ccc2F)CCSC(N)=N1. The third-order valence-corrected chi connectivity index (χ3v) is 4.99. The molecule has 1 amide bonds. The number of pyridine rings is 1. The Labute approximate surface area is 153 Å². The first-order valence-corrected chi connectivity index (χ1v) is 8.95. The number of halogens is 2. The van der Waals surface area contributed by atoms with Crippen LogP contribution in [0.2, 0.25) is 5.02 Å². The van der Waals surface area contributed by atoms with Crippen molar-refractivity contribution >= 4 is 40.3 Å². The van der Waals surface area contributed by atoms with E-state index in [2.05, 4.69) is 15.3 Å². The molecule has 2 heterocycles. The standard InChI is InChI=1S/C17H16ClFN4OS/c1-17(6-7-25-16(20)23-17)12-8-10(2-4-13(12)19)15(24)22-14-5-3-11(18)9-21-14/h2-5,8-9H,6-7H2,1H3,(H2,20,23)(H,21,22,24)/t17-/m0/s1. The maximum absolute atomic E-state index is 14.4. The Bertz CT molecular complexity index is 843. The number of nitrogens with zero attached hydrogens (tertiary/aromatic N) is 2. The first kappa shape index (κ1) is 17.7. The van der Waals surface area contributed by atoms with Gasteiger partial charge < -0.3 is 11.1 Å². The van der Waals surface area contributed by atoms with Gasteiger partial charge in [-0.2, -0.15) is 0 Å². The van der Waals surface area contributed by atoms with E-state index in [9.17, 15) is 9.18 Å². The lowest BCUT2D eigenvalue weighted by molar-refractivity contribution is 0.102. The van der Waals surface area contributed by atoms with Gasteiger partial charge in [0.1, 0.15) is 11.6 Å². The molecule has 3 rings (SSSR count). The van der Waals surface area contributed by atoms with Gasteiger partial charge in [-0.15, -0.1) is 0 Å². The highest BCUT2D eigenvalue weighted by molar-refractivity contribution is 8.13. The van der Waals surface area contributed by atoms with Crippen LogP contribution in [0, 0.1) is 5.82 Å². The minimum atomic E-state index is -0.784. The molecule has 0 aliphatic carbocycles. The van der Waals surface area contributed by atoms with Gasteiger partial charge in [0.25, 0.3) is 5.91 Å². The van der Waals surface area contributed by atoms with Crippen molar-refractivity contribution in [3.8, 4) is 0 Å². The molecular formula is C17H16ClFN4OS. The first-order valence-electron chi connectivity index (χ1n) is 7.58. The molecule has 0 fully saturated rings. The van der Waals surface area contributed by atoms with Crippen molar-refractivity contribution in [3.63, 3.8) is 0 Å². The largest absolute Gasteiger partial charge is 0.379 e. The number of aliphatic imine (C=N–C) groups is 1. The van der Waals surface area contributed by atoms with Gasteiger partial charge in [0.05, 0.1) is 10.6 Å². The lowest BCUT2D eigenvalue weighted by Crippen LogP contribution is -2.30. The Kier molecular flexibility index (Phi) is 4.96. The van der Waals surface area contributed by atoms with Gasteiger partial charge in [-0.25, -0.2) is 9.37 Å². The highest BCUT2D eigenvalue weighted by Gasteiger charge is 2.32. The highest BCUT2D eigenvalue weighted by atomic mass is 35.5. The minimum Gasteiger partial charge on any atom is -0.379 e. The van der Waals surface area contributed by atoms with Crippen molar-refractivity contribution in [2.75, 3.05) is 11.1 Å². The van der Waals surface area contributed by atoms with Crippen LogP contribution in [-0.2, 0) is 5.54 Å².